The highest BCUT2D eigenvalue weighted by Gasteiger charge is 2.05. The molecule has 0 aromatic heterocycles. The van der Waals surface area contributed by atoms with Gasteiger partial charge in [0, 0.05) is 9.26 Å². The van der Waals surface area contributed by atoms with Crippen molar-refractivity contribution in [2.45, 2.75) is 6.92 Å². The number of rotatable bonds is 4. The molecule has 20 heavy (non-hydrogen) atoms. The van der Waals surface area contributed by atoms with Gasteiger partial charge in [-0.05, 0) is 59.8 Å². The van der Waals surface area contributed by atoms with Crippen LogP contribution in [0.15, 0.2) is 42.5 Å². The highest BCUT2D eigenvalue weighted by molar-refractivity contribution is 14.1. The van der Waals surface area contributed by atoms with E-state index in [9.17, 15) is 4.79 Å². The number of anilines is 2. The first-order valence-corrected chi connectivity index (χ1v) is 7.56. The van der Waals surface area contributed by atoms with Gasteiger partial charge >= 0.3 is 0 Å². The number of aryl methyl sites for hydroxylation is 1. The third-order valence-corrected chi connectivity index (χ3v) is 3.69. The molecule has 0 saturated heterocycles. The average molecular weight is 401 g/mol. The van der Waals surface area contributed by atoms with Gasteiger partial charge in [-0.15, -0.1) is 0 Å². The lowest BCUT2D eigenvalue weighted by atomic mass is 10.2. The number of carbonyl (C=O) groups excluding carboxylic acids is 1. The lowest BCUT2D eigenvalue weighted by Gasteiger charge is -2.09. The standard InChI is InChI=1S/C15H14ClIN2O/c1-10-2-5-12(6-3-10)19-15(20)9-18-14-7-4-11(17)8-13(14)16/h2-8,18H,9H2,1H3,(H,19,20). The highest BCUT2D eigenvalue weighted by Crippen LogP contribution is 2.23. The first-order valence-electron chi connectivity index (χ1n) is 6.10. The SMILES string of the molecule is Cc1ccc(NC(=O)CNc2ccc(I)cc2Cl)cc1. The van der Waals surface area contributed by atoms with Gasteiger partial charge in [-0.1, -0.05) is 29.3 Å². The third-order valence-electron chi connectivity index (χ3n) is 2.71. The maximum atomic E-state index is 11.8. The fourth-order valence-corrected chi connectivity index (χ4v) is 2.57. The van der Waals surface area contributed by atoms with Crippen LogP contribution in [0.25, 0.3) is 0 Å². The number of halogens is 2. The lowest BCUT2D eigenvalue weighted by Crippen LogP contribution is -2.21. The fourth-order valence-electron chi connectivity index (χ4n) is 1.65. The molecule has 3 nitrogen and oxygen atoms in total. The molecule has 0 bridgehead atoms. The number of hydrogen-bond acceptors (Lipinski definition) is 2. The van der Waals surface area contributed by atoms with E-state index in [1.54, 1.807) is 0 Å². The summed E-state index contributed by atoms with van der Waals surface area (Å²) in [6.07, 6.45) is 0. The maximum absolute atomic E-state index is 11.8. The normalized spacial score (nSPS) is 10.2. The second-order valence-corrected chi connectivity index (χ2v) is 6.04. The van der Waals surface area contributed by atoms with Gasteiger partial charge in [-0.25, -0.2) is 0 Å². The van der Waals surface area contributed by atoms with Gasteiger partial charge in [-0.2, -0.15) is 0 Å². The Bertz CT molecular complexity index is 614. The Morgan fingerprint density at radius 3 is 2.55 bits per heavy atom. The molecule has 1 amide bonds. The molecule has 0 aliphatic heterocycles. The molecule has 0 aliphatic rings. The van der Waals surface area contributed by atoms with E-state index in [1.807, 2.05) is 49.4 Å². The number of benzene rings is 2. The molecule has 2 aromatic carbocycles. The van der Waals surface area contributed by atoms with E-state index in [-0.39, 0.29) is 12.5 Å². The van der Waals surface area contributed by atoms with Crippen molar-refractivity contribution >= 4 is 51.5 Å². The van der Waals surface area contributed by atoms with Crippen molar-refractivity contribution in [3.63, 3.8) is 0 Å². The summed E-state index contributed by atoms with van der Waals surface area (Å²) in [6.45, 7) is 2.18. The molecule has 5 heteroatoms. The molecule has 0 fully saturated rings. The molecule has 0 aliphatic carbocycles. The van der Waals surface area contributed by atoms with Crippen LogP contribution in [0.2, 0.25) is 5.02 Å². The maximum Gasteiger partial charge on any atom is 0.243 e. The van der Waals surface area contributed by atoms with Crippen LogP contribution in [0.1, 0.15) is 5.56 Å². The van der Waals surface area contributed by atoms with Crippen molar-refractivity contribution in [1.29, 1.82) is 0 Å². The number of nitrogens with one attached hydrogen (secondary N) is 2. The minimum absolute atomic E-state index is 0.108. The molecule has 0 spiro atoms. The van der Waals surface area contributed by atoms with Crippen molar-refractivity contribution in [3.05, 3.63) is 56.6 Å². The van der Waals surface area contributed by atoms with E-state index < -0.39 is 0 Å². The summed E-state index contributed by atoms with van der Waals surface area (Å²) in [4.78, 5) is 11.8. The van der Waals surface area contributed by atoms with Crippen molar-refractivity contribution in [2.24, 2.45) is 0 Å². The zero-order chi connectivity index (χ0) is 14.5. The van der Waals surface area contributed by atoms with Crippen LogP contribution >= 0.6 is 34.2 Å². The van der Waals surface area contributed by atoms with Gasteiger partial charge in [0.15, 0.2) is 0 Å². The number of amides is 1. The monoisotopic (exact) mass is 400 g/mol. The topological polar surface area (TPSA) is 41.1 Å². The van der Waals surface area contributed by atoms with Crippen molar-refractivity contribution in [2.75, 3.05) is 17.2 Å². The fraction of sp³-hybridized carbons (Fsp3) is 0.133. The second-order valence-electron chi connectivity index (χ2n) is 4.39. The van der Waals surface area contributed by atoms with Crippen LogP contribution < -0.4 is 10.6 Å². The van der Waals surface area contributed by atoms with Crippen molar-refractivity contribution < 1.29 is 4.79 Å². The zero-order valence-corrected chi connectivity index (χ0v) is 13.8. The van der Waals surface area contributed by atoms with Crippen molar-refractivity contribution in [3.8, 4) is 0 Å². The predicted molar refractivity (Wildman–Crippen MR) is 92.5 cm³/mol. The Morgan fingerprint density at radius 2 is 1.90 bits per heavy atom. The summed E-state index contributed by atoms with van der Waals surface area (Å²) >= 11 is 8.28. The first kappa shape index (κ1) is 15.1. The smallest absolute Gasteiger partial charge is 0.243 e. The summed E-state index contributed by atoms with van der Waals surface area (Å²) in [5.74, 6) is -0.108. The van der Waals surface area contributed by atoms with E-state index in [4.69, 9.17) is 11.6 Å². The molecule has 0 heterocycles. The van der Waals surface area contributed by atoms with Crippen LogP contribution in [0.3, 0.4) is 0 Å². The minimum atomic E-state index is -0.108. The Hall–Kier alpha value is -1.27. The van der Waals surface area contributed by atoms with Gasteiger partial charge in [0.2, 0.25) is 5.91 Å². The average Bonchev–Trinajstić information content (AvgIpc) is 2.40. The van der Waals surface area contributed by atoms with Gasteiger partial charge in [0.1, 0.15) is 0 Å². The zero-order valence-electron chi connectivity index (χ0n) is 10.9. The highest BCUT2D eigenvalue weighted by atomic mass is 127. The molecule has 0 radical (unpaired) electrons. The Labute approximate surface area is 136 Å². The summed E-state index contributed by atoms with van der Waals surface area (Å²) in [7, 11) is 0. The predicted octanol–water partition coefficient (Wildman–Crippen LogP) is 4.30. The third kappa shape index (κ3) is 4.38. The summed E-state index contributed by atoms with van der Waals surface area (Å²) < 4.78 is 1.06. The molecule has 2 rings (SSSR count). The van der Waals surface area contributed by atoms with Gasteiger partial charge in [0.05, 0.1) is 17.3 Å². The van der Waals surface area contributed by atoms with Gasteiger partial charge in [-0.3, -0.25) is 4.79 Å². The molecule has 0 saturated carbocycles. The molecule has 0 unspecified atom stereocenters. The van der Waals surface area contributed by atoms with E-state index in [2.05, 4.69) is 33.2 Å². The summed E-state index contributed by atoms with van der Waals surface area (Å²) in [5.41, 5.74) is 2.70. The Balaban J connectivity index is 1.90. The van der Waals surface area contributed by atoms with Crippen LogP contribution in [-0.2, 0) is 4.79 Å². The Morgan fingerprint density at radius 1 is 1.20 bits per heavy atom. The summed E-state index contributed by atoms with van der Waals surface area (Å²) in [6, 6.07) is 13.3. The van der Waals surface area contributed by atoms with Crippen LogP contribution in [0.4, 0.5) is 11.4 Å². The second kappa shape index (κ2) is 6.95. The first-order chi connectivity index (χ1) is 9.54. The van der Waals surface area contributed by atoms with Crippen molar-refractivity contribution in [1.82, 2.24) is 0 Å². The molecular weight excluding hydrogens is 387 g/mol. The summed E-state index contributed by atoms with van der Waals surface area (Å²) in [5, 5.41) is 6.46. The molecule has 0 atom stereocenters. The van der Waals surface area contributed by atoms with Gasteiger partial charge in [0.25, 0.3) is 0 Å². The largest absolute Gasteiger partial charge is 0.375 e. The van der Waals surface area contributed by atoms with Crippen LogP contribution in [0, 0.1) is 10.5 Å². The van der Waals surface area contributed by atoms with Crippen LogP contribution in [-0.4, -0.2) is 12.5 Å². The molecule has 2 aromatic rings. The quantitative estimate of drug-likeness (QED) is 0.751. The lowest BCUT2D eigenvalue weighted by molar-refractivity contribution is -0.114. The van der Waals surface area contributed by atoms with E-state index in [1.165, 1.54) is 0 Å². The molecule has 104 valence electrons. The van der Waals surface area contributed by atoms with Crippen LogP contribution in [0.5, 0.6) is 0 Å². The molecular formula is C15H14ClIN2O. The molecule has 2 N–H and O–H groups in total. The van der Waals surface area contributed by atoms with Gasteiger partial charge < -0.3 is 10.6 Å². The van der Waals surface area contributed by atoms with E-state index >= 15 is 0 Å². The Kier molecular flexibility index (Phi) is 5.25. The minimum Gasteiger partial charge on any atom is -0.375 e. The van der Waals surface area contributed by atoms with E-state index in [0.717, 1.165) is 20.5 Å². The number of carbonyl (C=O) groups is 1. The number of hydrogen-bond donors (Lipinski definition) is 2. The van der Waals surface area contributed by atoms with E-state index in [0.29, 0.717) is 5.02 Å².